The van der Waals surface area contributed by atoms with E-state index in [0.717, 1.165) is 39.0 Å². The minimum Gasteiger partial charge on any atom is -0.369 e. The number of fused-ring (bicyclic) bond motifs is 1. The summed E-state index contributed by atoms with van der Waals surface area (Å²) in [5.74, 6) is 0.123. The molecule has 110 valence electrons. The Hall–Kier alpha value is -1.40. The van der Waals surface area contributed by atoms with Crippen LogP contribution >= 0.6 is 0 Å². The van der Waals surface area contributed by atoms with Gasteiger partial charge in [0.2, 0.25) is 5.91 Å². The summed E-state index contributed by atoms with van der Waals surface area (Å²) < 4.78 is 7.82. The van der Waals surface area contributed by atoms with Crippen LogP contribution in [0.3, 0.4) is 0 Å². The van der Waals surface area contributed by atoms with Crippen molar-refractivity contribution in [1.29, 1.82) is 0 Å². The van der Waals surface area contributed by atoms with Crippen LogP contribution in [0.2, 0.25) is 0 Å². The molecule has 6 heteroatoms. The normalized spacial score (nSPS) is 23.1. The van der Waals surface area contributed by atoms with Gasteiger partial charge in [-0.2, -0.15) is 0 Å². The molecule has 2 aliphatic rings. The van der Waals surface area contributed by atoms with E-state index in [1.807, 2.05) is 17.4 Å². The highest BCUT2D eigenvalue weighted by Gasteiger charge is 2.24. The fourth-order valence-corrected chi connectivity index (χ4v) is 3.05. The summed E-state index contributed by atoms with van der Waals surface area (Å²) in [7, 11) is 2.10. The van der Waals surface area contributed by atoms with E-state index in [2.05, 4.69) is 21.5 Å². The van der Waals surface area contributed by atoms with Crippen molar-refractivity contribution in [2.24, 2.45) is 0 Å². The smallest absolute Gasteiger partial charge is 0.248 e. The van der Waals surface area contributed by atoms with Crippen LogP contribution in [-0.2, 0) is 16.1 Å². The van der Waals surface area contributed by atoms with Crippen LogP contribution in [0.25, 0.3) is 0 Å². The van der Waals surface area contributed by atoms with Crippen LogP contribution in [0.5, 0.6) is 0 Å². The number of imidazole rings is 1. The minimum atomic E-state index is 0.123. The van der Waals surface area contributed by atoms with E-state index in [0.29, 0.717) is 6.61 Å². The molecule has 3 rings (SSSR count). The van der Waals surface area contributed by atoms with Crippen molar-refractivity contribution >= 4 is 5.91 Å². The van der Waals surface area contributed by atoms with Crippen LogP contribution in [-0.4, -0.2) is 65.2 Å². The van der Waals surface area contributed by atoms with Gasteiger partial charge < -0.3 is 14.2 Å². The number of carbonyl (C=O) groups excluding carboxylic acids is 1. The van der Waals surface area contributed by atoms with Gasteiger partial charge in [-0.15, -0.1) is 0 Å². The summed E-state index contributed by atoms with van der Waals surface area (Å²) in [4.78, 5) is 20.3. The first-order valence-corrected chi connectivity index (χ1v) is 7.29. The van der Waals surface area contributed by atoms with Crippen molar-refractivity contribution in [2.75, 3.05) is 39.9 Å². The second kappa shape index (κ2) is 5.93. The third kappa shape index (κ3) is 2.86. The monoisotopic (exact) mass is 278 g/mol. The first-order valence-electron chi connectivity index (χ1n) is 7.29. The standard InChI is InChI=1S/C14H22N4O2/c1-16-7-12-6-15-11-18(12)13(8-16)9-20-10-14(19)17-4-2-3-5-17/h6,11,13H,2-5,7-10H2,1H3/t13-/m1/s1. The second-order valence-electron chi connectivity index (χ2n) is 5.75. The number of rotatable bonds is 4. The SMILES string of the molecule is CN1Cc2cncn2[C@@H](COCC(=O)N2CCCC2)C1. The number of nitrogens with zero attached hydrogens (tertiary/aromatic N) is 4. The predicted molar refractivity (Wildman–Crippen MR) is 74.2 cm³/mol. The van der Waals surface area contributed by atoms with Gasteiger partial charge in [0.25, 0.3) is 0 Å². The molecule has 1 aromatic rings. The molecule has 6 nitrogen and oxygen atoms in total. The highest BCUT2D eigenvalue weighted by Crippen LogP contribution is 2.19. The Bertz CT molecular complexity index is 467. The van der Waals surface area contributed by atoms with Gasteiger partial charge in [-0.05, 0) is 19.9 Å². The van der Waals surface area contributed by atoms with Gasteiger partial charge >= 0.3 is 0 Å². The molecule has 1 amide bonds. The van der Waals surface area contributed by atoms with Gasteiger partial charge in [-0.25, -0.2) is 4.98 Å². The molecule has 2 aliphatic heterocycles. The number of aromatic nitrogens is 2. The minimum absolute atomic E-state index is 0.123. The lowest BCUT2D eigenvalue weighted by molar-refractivity contribution is -0.135. The van der Waals surface area contributed by atoms with Crippen LogP contribution < -0.4 is 0 Å². The first kappa shape index (κ1) is 13.6. The van der Waals surface area contributed by atoms with E-state index in [1.54, 1.807) is 0 Å². The molecule has 3 heterocycles. The molecule has 1 fully saturated rings. The Morgan fingerprint density at radius 3 is 3.05 bits per heavy atom. The van der Waals surface area contributed by atoms with Gasteiger partial charge in [-0.1, -0.05) is 0 Å². The molecule has 0 radical (unpaired) electrons. The fourth-order valence-electron chi connectivity index (χ4n) is 3.05. The quantitative estimate of drug-likeness (QED) is 0.805. The summed E-state index contributed by atoms with van der Waals surface area (Å²) in [6.07, 6.45) is 6.01. The lowest BCUT2D eigenvalue weighted by Gasteiger charge is -2.31. The van der Waals surface area contributed by atoms with Crippen molar-refractivity contribution in [2.45, 2.75) is 25.4 Å². The third-order valence-electron chi connectivity index (χ3n) is 4.09. The van der Waals surface area contributed by atoms with Crippen LogP contribution in [0.15, 0.2) is 12.5 Å². The molecule has 1 saturated heterocycles. The Morgan fingerprint density at radius 1 is 1.45 bits per heavy atom. The maximum Gasteiger partial charge on any atom is 0.248 e. The largest absolute Gasteiger partial charge is 0.369 e. The van der Waals surface area contributed by atoms with Crippen LogP contribution in [0, 0.1) is 0 Å². The Balaban J connectivity index is 1.50. The molecule has 0 bridgehead atoms. The average Bonchev–Trinajstić information content (AvgIpc) is 3.09. The van der Waals surface area contributed by atoms with Crippen LogP contribution in [0.4, 0.5) is 0 Å². The maximum atomic E-state index is 11.9. The molecular formula is C14H22N4O2. The van der Waals surface area contributed by atoms with Gasteiger partial charge in [0.15, 0.2) is 0 Å². The number of carbonyl (C=O) groups is 1. The number of ether oxygens (including phenoxy) is 1. The summed E-state index contributed by atoms with van der Waals surface area (Å²) in [6, 6.07) is 0.248. The Kier molecular flexibility index (Phi) is 4.03. The van der Waals surface area contributed by atoms with Crippen molar-refractivity contribution in [3.63, 3.8) is 0 Å². The lowest BCUT2D eigenvalue weighted by atomic mass is 10.2. The number of likely N-dealkylation sites (tertiary alicyclic amines) is 1. The highest BCUT2D eigenvalue weighted by molar-refractivity contribution is 5.77. The topological polar surface area (TPSA) is 50.6 Å². The molecular weight excluding hydrogens is 256 g/mol. The molecule has 0 saturated carbocycles. The molecule has 1 atom stereocenters. The average molecular weight is 278 g/mol. The molecule has 0 spiro atoms. The first-order chi connectivity index (χ1) is 9.74. The van der Waals surface area contributed by atoms with E-state index in [-0.39, 0.29) is 18.6 Å². The van der Waals surface area contributed by atoms with Gasteiger partial charge in [0.05, 0.1) is 24.7 Å². The zero-order chi connectivity index (χ0) is 13.9. The summed E-state index contributed by atoms with van der Waals surface area (Å²) in [5, 5.41) is 0. The van der Waals surface area contributed by atoms with E-state index >= 15 is 0 Å². The summed E-state index contributed by atoms with van der Waals surface area (Å²) in [5.41, 5.74) is 1.21. The van der Waals surface area contributed by atoms with Crippen molar-refractivity contribution in [3.8, 4) is 0 Å². The summed E-state index contributed by atoms with van der Waals surface area (Å²) >= 11 is 0. The number of likely N-dealkylation sites (N-methyl/N-ethyl adjacent to an activating group) is 1. The second-order valence-corrected chi connectivity index (χ2v) is 5.75. The van der Waals surface area contributed by atoms with E-state index in [1.165, 1.54) is 5.69 Å². The van der Waals surface area contributed by atoms with E-state index < -0.39 is 0 Å². The molecule has 20 heavy (non-hydrogen) atoms. The van der Waals surface area contributed by atoms with Gasteiger partial charge in [0.1, 0.15) is 6.61 Å². The zero-order valence-electron chi connectivity index (χ0n) is 12.0. The van der Waals surface area contributed by atoms with Crippen molar-refractivity contribution < 1.29 is 9.53 Å². The third-order valence-corrected chi connectivity index (χ3v) is 4.09. The number of amides is 1. The molecule has 1 aromatic heterocycles. The van der Waals surface area contributed by atoms with E-state index in [9.17, 15) is 4.79 Å². The predicted octanol–water partition coefficient (Wildman–Crippen LogP) is 0.509. The van der Waals surface area contributed by atoms with E-state index in [4.69, 9.17) is 4.74 Å². The van der Waals surface area contributed by atoms with Gasteiger partial charge in [-0.3, -0.25) is 9.69 Å². The molecule has 0 aliphatic carbocycles. The van der Waals surface area contributed by atoms with Gasteiger partial charge in [0, 0.05) is 32.4 Å². The lowest BCUT2D eigenvalue weighted by Crippen LogP contribution is -2.37. The highest BCUT2D eigenvalue weighted by atomic mass is 16.5. The number of hydrogen-bond donors (Lipinski definition) is 0. The maximum absolute atomic E-state index is 11.9. The van der Waals surface area contributed by atoms with Crippen molar-refractivity contribution in [3.05, 3.63) is 18.2 Å². The zero-order valence-corrected chi connectivity index (χ0v) is 12.0. The Morgan fingerprint density at radius 2 is 2.25 bits per heavy atom. The molecule has 0 unspecified atom stereocenters. The molecule has 0 aromatic carbocycles. The molecule has 0 N–H and O–H groups in total. The van der Waals surface area contributed by atoms with Crippen molar-refractivity contribution in [1.82, 2.24) is 19.4 Å². The summed E-state index contributed by atoms with van der Waals surface area (Å²) in [6.45, 7) is 4.39. The fraction of sp³-hybridized carbons (Fsp3) is 0.714. The number of hydrogen-bond acceptors (Lipinski definition) is 4. The van der Waals surface area contributed by atoms with Crippen LogP contribution in [0.1, 0.15) is 24.6 Å². The Labute approximate surface area is 119 Å².